The molecule has 0 saturated carbocycles. The Kier molecular flexibility index (Phi) is 2.54. The molecule has 1 amide bonds. The molecule has 0 aliphatic carbocycles. The number of carbonyl (C=O) groups excluding carboxylic acids is 1. The topological polar surface area (TPSA) is 54.9 Å². The van der Waals surface area contributed by atoms with Crippen LogP contribution in [-0.4, -0.2) is 22.4 Å². The molecule has 4 heteroatoms. The van der Waals surface area contributed by atoms with Crippen molar-refractivity contribution in [1.82, 2.24) is 15.3 Å². The molecule has 11 heavy (non-hydrogen) atoms. The van der Waals surface area contributed by atoms with E-state index in [2.05, 4.69) is 15.3 Å². The highest BCUT2D eigenvalue weighted by Gasteiger charge is 2.02. The van der Waals surface area contributed by atoms with Crippen LogP contribution in [0.15, 0.2) is 18.6 Å². The van der Waals surface area contributed by atoms with Crippen LogP contribution in [0.3, 0.4) is 0 Å². The number of carbonyl (C=O) groups is 1. The van der Waals surface area contributed by atoms with Crippen LogP contribution in [-0.2, 0) is 0 Å². The van der Waals surface area contributed by atoms with E-state index in [4.69, 9.17) is 0 Å². The second kappa shape index (κ2) is 3.65. The van der Waals surface area contributed by atoms with Gasteiger partial charge in [0.2, 0.25) is 0 Å². The number of aromatic nitrogens is 2. The molecule has 1 heterocycles. The lowest BCUT2D eigenvalue weighted by Gasteiger charge is -1.98. The predicted octanol–water partition coefficient (Wildman–Crippen LogP) is 0.472. The van der Waals surface area contributed by atoms with E-state index in [0.29, 0.717) is 12.2 Å². The zero-order chi connectivity index (χ0) is 8.10. The highest BCUT2D eigenvalue weighted by Crippen LogP contribution is 1.88. The van der Waals surface area contributed by atoms with Gasteiger partial charge in [-0.1, -0.05) is 0 Å². The molecule has 60 valence electrons. The van der Waals surface area contributed by atoms with Gasteiger partial charge in [-0.15, -0.1) is 0 Å². The first-order valence-electron chi connectivity index (χ1n) is 3.38. The smallest absolute Gasteiger partial charge is 0.271 e. The van der Waals surface area contributed by atoms with E-state index in [1.165, 1.54) is 18.6 Å². The Morgan fingerprint density at radius 1 is 1.73 bits per heavy atom. The highest BCUT2D eigenvalue weighted by atomic mass is 16.1. The third-order valence-corrected chi connectivity index (χ3v) is 1.13. The van der Waals surface area contributed by atoms with Crippen LogP contribution >= 0.6 is 0 Å². The van der Waals surface area contributed by atoms with Crippen molar-refractivity contribution in [2.75, 3.05) is 6.54 Å². The summed E-state index contributed by atoms with van der Waals surface area (Å²) in [5.74, 6) is -0.180. The summed E-state index contributed by atoms with van der Waals surface area (Å²) in [5, 5.41) is 2.62. The van der Waals surface area contributed by atoms with E-state index >= 15 is 0 Å². The van der Waals surface area contributed by atoms with Crippen molar-refractivity contribution in [3.8, 4) is 0 Å². The number of hydrogen-bond donors (Lipinski definition) is 1. The normalized spacial score (nSPS) is 9.18. The molecule has 0 radical (unpaired) electrons. The molecule has 0 spiro atoms. The summed E-state index contributed by atoms with van der Waals surface area (Å²) < 4.78 is 0. The molecule has 1 aromatic heterocycles. The number of rotatable bonds is 2. The summed E-state index contributed by atoms with van der Waals surface area (Å²) in [4.78, 5) is 18.6. The van der Waals surface area contributed by atoms with Crippen molar-refractivity contribution in [2.24, 2.45) is 0 Å². The van der Waals surface area contributed by atoms with E-state index in [0.717, 1.165) is 0 Å². The summed E-state index contributed by atoms with van der Waals surface area (Å²) in [7, 11) is 0. The van der Waals surface area contributed by atoms with Crippen LogP contribution in [0, 0.1) is 0 Å². The molecular weight excluding hydrogens is 142 g/mol. The quantitative estimate of drug-likeness (QED) is 0.672. The Morgan fingerprint density at radius 2 is 2.55 bits per heavy atom. The molecule has 1 rings (SSSR count). The second-order valence-electron chi connectivity index (χ2n) is 1.95. The molecule has 0 fully saturated rings. The van der Waals surface area contributed by atoms with Crippen LogP contribution in [0.2, 0.25) is 0 Å². The van der Waals surface area contributed by atoms with Gasteiger partial charge in [0, 0.05) is 20.4 Å². The first kappa shape index (κ1) is 7.65. The zero-order valence-electron chi connectivity index (χ0n) is 6.24. The molecule has 1 N–H and O–H groups in total. The van der Waals surface area contributed by atoms with Gasteiger partial charge in [0.15, 0.2) is 0 Å². The van der Waals surface area contributed by atoms with Crippen molar-refractivity contribution in [3.63, 3.8) is 0 Å². The molecule has 0 unspecified atom stereocenters. The van der Waals surface area contributed by atoms with Gasteiger partial charge in [0.1, 0.15) is 5.69 Å². The van der Waals surface area contributed by atoms with Gasteiger partial charge in [-0.05, 0) is 6.92 Å². The molecule has 0 aliphatic heterocycles. The second-order valence-corrected chi connectivity index (χ2v) is 1.95. The maximum absolute atomic E-state index is 11.0. The van der Waals surface area contributed by atoms with Gasteiger partial charge in [-0.2, -0.15) is 0 Å². The van der Waals surface area contributed by atoms with Gasteiger partial charge in [0.25, 0.3) is 5.91 Å². The predicted molar refractivity (Wildman–Crippen MR) is 42.2 cm³/mol. The Hall–Kier alpha value is -1.45. The van der Waals surface area contributed by atoms with E-state index in [-0.39, 0.29) is 7.33 Å². The molecule has 0 saturated heterocycles. The average Bonchev–Trinajstić information content (AvgIpc) is 2.07. The summed E-state index contributed by atoms with van der Waals surface area (Å²) >= 11 is 0. The molecule has 0 bridgehead atoms. The minimum Gasteiger partial charge on any atom is -0.351 e. The highest BCUT2D eigenvalue weighted by molar-refractivity contribution is 5.91. The number of nitrogens with one attached hydrogen (secondary N) is 1. The number of hydrogen-bond acceptors (Lipinski definition) is 3. The first-order valence-corrected chi connectivity index (χ1v) is 3.38. The number of amides is 1. The minimum absolute atomic E-state index is 0. The Morgan fingerprint density at radius 3 is 3.09 bits per heavy atom. The van der Waals surface area contributed by atoms with Crippen LogP contribution in [0.5, 0.6) is 0 Å². The fraction of sp³-hybridized carbons (Fsp3) is 0.286. The first-order chi connectivity index (χ1) is 5.34. The summed E-state index contributed by atoms with van der Waals surface area (Å²) in [5.41, 5.74) is 0.356. The fourth-order valence-corrected chi connectivity index (χ4v) is 0.667. The molecule has 4 nitrogen and oxygen atoms in total. The molecule has 1 aromatic rings. The number of nitrogens with zero attached hydrogens (tertiary/aromatic N) is 2. The van der Waals surface area contributed by atoms with Crippen LogP contribution < -0.4 is 5.32 Å². The van der Waals surface area contributed by atoms with Crippen molar-refractivity contribution < 1.29 is 6.22 Å². The summed E-state index contributed by atoms with van der Waals surface area (Å²) in [6.45, 7) is 2.46. The van der Waals surface area contributed by atoms with Gasteiger partial charge in [0.05, 0.1) is 6.20 Å². The Labute approximate surface area is 66.2 Å². The maximum Gasteiger partial charge on any atom is 0.271 e. The lowest BCUT2D eigenvalue weighted by molar-refractivity contribution is 0.0950. The standard InChI is InChI=1S/C7H9N3O.H2/c1-2-9-7(11)6-5-8-3-4-10-6;/h3-5H,2H2,1H3,(H,9,11);1H. The van der Waals surface area contributed by atoms with Crippen molar-refractivity contribution >= 4 is 5.91 Å². The van der Waals surface area contributed by atoms with Crippen molar-refractivity contribution in [2.45, 2.75) is 6.92 Å². The van der Waals surface area contributed by atoms with Gasteiger partial charge >= 0.3 is 0 Å². The van der Waals surface area contributed by atoms with Crippen molar-refractivity contribution in [1.29, 1.82) is 0 Å². The Bertz CT molecular complexity index is 240. The van der Waals surface area contributed by atoms with Gasteiger partial charge in [-0.25, -0.2) is 4.98 Å². The van der Waals surface area contributed by atoms with E-state index in [1.54, 1.807) is 0 Å². The van der Waals surface area contributed by atoms with E-state index in [9.17, 15) is 4.79 Å². The Balaban J connectivity index is 0.00000121. The lowest BCUT2D eigenvalue weighted by atomic mass is 10.4. The molecule has 0 atom stereocenters. The van der Waals surface area contributed by atoms with Crippen LogP contribution in [0.1, 0.15) is 18.8 Å². The SMILES string of the molecule is CCNC(=O)c1cnccn1.[HH]. The minimum atomic E-state index is -0.180. The molecule has 0 aliphatic rings. The third-order valence-electron chi connectivity index (χ3n) is 1.13. The van der Waals surface area contributed by atoms with Crippen molar-refractivity contribution in [3.05, 3.63) is 24.3 Å². The molecular formula is C7H11N3O. The monoisotopic (exact) mass is 153 g/mol. The zero-order valence-corrected chi connectivity index (χ0v) is 6.24. The average molecular weight is 153 g/mol. The fourth-order valence-electron chi connectivity index (χ4n) is 0.667. The van der Waals surface area contributed by atoms with Crippen LogP contribution in [0.4, 0.5) is 0 Å². The van der Waals surface area contributed by atoms with Crippen LogP contribution in [0.25, 0.3) is 0 Å². The molecule has 0 aromatic carbocycles. The summed E-state index contributed by atoms with van der Waals surface area (Å²) in [6, 6.07) is 0. The largest absolute Gasteiger partial charge is 0.351 e. The van der Waals surface area contributed by atoms with E-state index < -0.39 is 0 Å². The maximum atomic E-state index is 11.0. The van der Waals surface area contributed by atoms with Gasteiger partial charge < -0.3 is 5.32 Å². The van der Waals surface area contributed by atoms with Gasteiger partial charge in [-0.3, -0.25) is 9.78 Å². The lowest BCUT2D eigenvalue weighted by Crippen LogP contribution is -2.23. The summed E-state index contributed by atoms with van der Waals surface area (Å²) in [6.07, 6.45) is 4.46. The third kappa shape index (κ3) is 2.00. The van der Waals surface area contributed by atoms with E-state index in [1.807, 2.05) is 6.92 Å².